The van der Waals surface area contributed by atoms with Crippen molar-refractivity contribution in [2.75, 3.05) is 17.1 Å². The molecule has 1 aliphatic carbocycles. The van der Waals surface area contributed by atoms with Gasteiger partial charge in [-0.2, -0.15) is 0 Å². The second kappa shape index (κ2) is 10.3. The van der Waals surface area contributed by atoms with Crippen LogP contribution in [0.5, 0.6) is 5.88 Å². The molecule has 35 heavy (non-hydrogen) atoms. The number of methoxy groups -OCH3 is 1. The fraction of sp³-hybridized carbons (Fsp3) is 0.400. The second-order valence-corrected chi connectivity index (χ2v) is 11.6. The minimum atomic E-state index is -3.87. The number of carbonyl (C=O) groups is 1. The number of nitrogens with zero attached hydrogens (tertiary/aromatic N) is 2. The molecule has 3 aromatic rings. The van der Waals surface area contributed by atoms with Gasteiger partial charge in [-0.05, 0) is 62.3 Å². The van der Waals surface area contributed by atoms with E-state index in [0.717, 1.165) is 29.0 Å². The van der Waals surface area contributed by atoms with Crippen molar-refractivity contribution in [3.8, 4) is 16.3 Å². The Hall–Kier alpha value is -2.98. The van der Waals surface area contributed by atoms with Gasteiger partial charge in [-0.1, -0.05) is 36.3 Å². The summed E-state index contributed by atoms with van der Waals surface area (Å²) < 4.78 is 34.3. The predicted octanol–water partition coefficient (Wildman–Crippen LogP) is 5.46. The smallest absolute Gasteiger partial charge is 0.262 e. The van der Waals surface area contributed by atoms with E-state index in [9.17, 15) is 13.2 Å². The summed E-state index contributed by atoms with van der Waals surface area (Å²) >= 11 is 1.35. The topological polar surface area (TPSA) is 110 Å². The maximum absolute atomic E-state index is 13.3. The summed E-state index contributed by atoms with van der Waals surface area (Å²) in [6.07, 6.45) is 6.57. The molecule has 0 spiro atoms. The molecule has 1 saturated carbocycles. The summed E-state index contributed by atoms with van der Waals surface area (Å²) in [4.78, 5) is 22.1. The van der Waals surface area contributed by atoms with Crippen LogP contribution in [0.2, 0.25) is 0 Å². The molecule has 1 aromatic carbocycles. The third kappa shape index (κ3) is 5.82. The minimum absolute atomic E-state index is 0.0166. The molecular formula is C25H30N4O4S2. The van der Waals surface area contributed by atoms with E-state index in [-0.39, 0.29) is 10.8 Å². The molecule has 1 fully saturated rings. The molecule has 0 aliphatic heterocycles. The quantitative estimate of drug-likeness (QED) is 0.413. The highest BCUT2D eigenvalue weighted by Gasteiger charge is 2.22. The maximum atomic E-state index is 13.3. The van der Waals surface area contributed by atoms with Crippen LogP contribution in [-0.4, -0.2) is 31.4 Å². The van der Waals surface area contributed by atoms with Crippen molar-refractivity contribution in [1.29, 1.82) is 0 Å². The van der Waals surface area contributed by atoms with E-state index in [2.05, 4.69) is 20.0 Å². The van der Waals surface area contributed by atoms with Gasteiger partial charge in [0, 0.05) is 12.5 Å². The van der Waals surface area contributed by atoms with Gasteiger partial charge in [-0.3, -0.25) is 9.52 Å². The van der Waals surface area contributed by atoms with Gasteiger partial charge in [0.2, 0.25) is 11.8 Å². The molecular weight excluding hydrogens is 484 g/mol. The lowest BCUT2D eigenvalue weighted by molar-refractivity contribution is -0.117. The number of amides is 1. The molecule has 2 heterocycles. The van der Waals surface area contributed by atoms with Gasteiger partial charge >= 0.3 is 0 Å². The Labute approximate surface area is 210 Å². The van der Waals surface area contributed by atoms with Crippen molar-refractivity contribution < 1.29 is 17.9 Å². The summed E-state index contributed by atoms with van der Waals surface area (Å²) in [6.45, 7) is 5.40. The van der Waals surface area contributed by atoms with Crippen LogP contribution in [-0.2, 0) is 14.8 Å². The lowest BCUT2D eigenvalue weighted by atomic mass is 10.0. The Kier molecular flexibility index (Phi) is 7.42. The standard InChI is InChI=1S/C25H30N4O4S2/c1-15-9-10-19(13-21(15)35(31,32)29-20-14-26-23(33-4)11-16(20)2)24-17(3)27-25(34-24)28-22(30)12-18-7-5-6-8-18/h9-11,13-14,18,29H,5-8,12H2,1-4H3,(H,27,28,30). The highest BCUT2D eigenvalue weighted by molar-refractivity contribution is 7.92. The molecule has 1 amide bonds. The Balaban J connectivity index is 1.56. The molecule has 0 unspecified atom stereocenters. The zero-order valence-corrected chi connectivity index (χ0v) is 22.0. The average molecular weight is 515 g/mol. The normalized spacial score (nSPS) is 14.2. The first kappa shape index (κ1) is 25.1. The van der Waals surface area contributed by atoms with Gasteiger partial charge in [0.15, 0.2) is 5.13 Å². The van der Waals surface area contributed by atoms with Crippen LogP contribution in [0.1, 0.15) is 48.9 Å². The number of benzene rings is 1. The summed E-state index contributed by atoms with van der Waals surface area (Å²) in [6, 6.07) is 6.97. The molecule has 10 heteroatoms. The second-order valence-electron chi connectivity index (χ2n) is 8.96. The van der Waals surface area contributed by atoms with Gasteiger partial charge in [-0.15, -0.1) is 0 Å². The number of rotatable bonds is 8. The highest BCUT2D eigenvalue weighted by atomic mass is 32.2. The molecule has 1 aliphatic rings. The van der Waals surface area contributed by atoms with Gasteiger partial charge in [0.25, 0.3) is 10.0 Å². The highest BCUT2D eigenvalue weighted by Crippen LogP contribution is 2.36. The van der Waals surface area contributed by atoms with Crippen LogP contribution < -0.4 is 14.8 Å². The summed E-state index contributed by atoms with van der Waals surface area (Å²) in [5, 5.41) is 3.46. The Morgan fingerprint density at radius 2 is 1.89 bits per heavy atom. The molecule has 0 atom stereocenters. The summed E-state index contributed by atoms with van der Waals surface area (Å²) in [7, 11) is -2.36. The number of sulfonamides is 1. The number of aryl methyl sites for hydroxylation is 3. The first-order valence-corrected chi connectivity index (χ1v) is 13.9. The Morgan fingerprint density at radius 1 is 1.14 bits per heavy atom. The van der Waals surface area contributed by atoms with Crippen molar-refractivity contribution in [1.82, 2.24) is 9.97 Å². The van der Waals surface area contributed by atoms with Crippen molar-refractivity contribution in [2.45, 2.75) is 57.8 Å². The van der Waals surface area contributed by atoms with E-state index >= 15 is 0 Å². The van der Waals surface area contributed by atoms with E-state index < -0.39 is 10.0 Å². The Bertz CT molecular complexity index is 1350. The molecule has 0 bridgehead atoms. The maximum Gasteiger partial charge on any atom is 0.262 e. The Morgan fingerprint density at radius 3 is 2.57 bits per heavy atom. The summed E-state index contributed by atoms with van der Waals surface area (Å²) in [5.41, 5.74) is 3.17. The van der Waals surface area contributed by atoms with Crippen molar-refractivity contribution in [3.05, 3.63) is 47.3 Å². The van der Waals surface area contributed by atoms with E-state index in [1.165, 1.54) is 37.5 Å². The van der Waals surface area contributed by atoms with E-state index in [1.54, 1.807) is 32.0 Å². The number of nitrogens with one attached hydrogen (secondary N) is 2. The number of pyridine rings is 1. The number of aromatic nitrogens is 2. The van der Waals surface area contributed by atoms with Crippen molar-refractivity contribution >= 4 is 38.1 Å². The third-order valence-corrected chi connectivity index (χ3v) is 8.90. The molecule has 2 N–H and O–H groups in total. The van der Waals surface area contributed by atoms with E-state index in [0.29, 0.717) is 40.2 Å². The number of thiazole rings is 1. The molecule has 186 valence electrons. The van der Waals surface area contributed by atoms with Gasteiger partial charge in [0.05, 0.1) is 34.5 Å². The van der Waals surface area contributed by atoms with Crippen LogP contribution >= 0.6 is 11.3 Å². The number of ether oxygens (including phenoxy) is 1. The number of hydrogen-bond acceptors (Lipinski definition) is 7. The molecule has 0 saturated heterocycles. The summed E-state index contributed by atoms with van der Waals surface area (Å²) in [5.74, 6) is 0.852. The van der Waals surface area contributed by atoms with Crippen LogP contribution in [0.4, 0.5) is 10.8 Å². The largest absolute Gasteiger partial charge is 0.481 e. The van der Waals surface area contributed by atoms with Crippen LogP contribution in [0.3, 0.4) is 0 Å². The first-order valence-electron chi connectivity index (χ1n) is 11.6. The lowest BCUT2D eigenvalue weighted by Gasteiger charge is -2.13. The van der Waals surface area contributed by atoms with Gasteiger partial charge in [0.1, 0.15) is 0 Å². The lowest BCUT2D eigenvalue weighted by Crippen LogP contribution is -2.15. The van der Waals surface area contributed by atoms with Gasteiger partial charge < -0.3 is 10.1 Å². The van der Waals surface area contributed by atoms with Gasteiger partial charge in [-0.25, -0.2) is 18.4 Å². The first-order chi connectivity index (χ1) is 16.7. The number of anilines is 2. The zero-order valence-electron chi connectivity index (χ0n) is 20.3. The molecule has 2 aromatic heterocycles. The molecule has 8 nitrogen and oxygen atoms in total. The van der Waals surface area contributed by atoms with Crippen LogP contribution in [0.25, 0.3) is 10.4 Å². The molecule has 0 radical (unpaired) electrons. The van der Waals surface area contributed by atoms with E-state index in [4.69, 9.17) is 4.74 Å². The number of carbonyl (C=O) groups excluding carboxylic acids is 1. The van der Waals surface area contributed by atoms with Crippen LogP contribution in [0, 0.1) is 26.7 Å². The van der Waals surface area contributed by atoms with Crippen molar-refractivity contribution in [3.63, 3.8) is 0 Å². The van der Waals surface area contributed by atoms with E-state index in [1.807, 2.05) is 13.0 Å². The fourth-order valence-corrected chi connectivity index (χ4v) is 6.71. The SMILES string of the molecule is COc1cc(C)c(NS(=O)(=O)c2cc(-c3sc(NC(=O)CC4CCCC4)nc3C)ccc2C)cn1. The monoisotopic (exact) mass is 514 g/mol. The molecule has 4 rings (SSSR count). The average Bonchev–Trinajstić information content (AvgIpc) is 3.44. The zero-order chi connectivity index (χ0) is 25.2. The van der Waals surface area contributed by atoms with Crippen LogP contribution in [0.15, 0.2) is 35.4 Å². The number of hydrogen-bond donors (Lipinski definition) is 2. The minimum Gasteiger partial charge on any atom is -0.481 e. The van der Waals surface area contributed by atoms with Crippen molar-refractivity contribution in [2.24, 2.45) is 5.92 Å². The third-order valence-electron chi connectivity index (χ3n) is 6.27. The predicted molar refractivity (Wildman–Crippen MR) is 139 cm³/mol. The fourth-order valence-electron chi connectivity index (χ4n) is 4.34.